The van der Waals surface area contributed by atoms with Crippen LogP contribution in [0.25, 0.3) is 0 Å². The summed E-state index contributed by atoms with van der Waals surface area (Å²) in [6.45, 7) is 0.309. The standard InChI is InChI=1S/C16H17F2N3O3S/c17-12-2-1-3-13(18)14(12)25(22,23)21-8-6-11(7-9-21)16-20-19-15(24-16)10-4-5-10/h1-3,10-11H,4-9H2. The smallest absolute Gasteiger partial charge is 0.248 e. The summed E-state index contributed by atoms with van der Waals surface area (Å²) in [5, 5.41) is 8.11. The largest absolute Gasteiger partial charge is 0.425 e. The Balaban J connectivity index is 1.49. The minimum atomic E-state index is -4.21. The molecule has 1 aliphatic carbocycles. The molecule has 4 rings (SSSR count). The molecule has 0 radical (unpaired) electrons. The van der Waals surface area contributed by atoms with E-state index in [9.17, 15) is 17.2 Å². The Morgan fingerprint density at radius 3 is 2.00 bits per heavy atom. The van der Waals surface area contributed by atoms with E-state index >= 15 is 0 Å². The topological polar surface area (TPSA) is 76.3 Å². The second-order valence-corrected chi connectivity index (χ2v) is 8.36. The van der Waals surface area contributed by atoms with Gasteiger partial charge in [-0.1, -0.05) is 6.07 Å². The summed E-state index contributed by atoms with van der Waals surface area (Å²) in [7, 11) is -4.21. The van der Waals surface area contributed by atoms with E-state index in [2.05, 4.69) is 10.2 Å². The maximum atomic E-state index is 13.8. The molecular weight excluding hydrogens is 352 g/mol. The number of aromatic nitrogens is 2. The van der Waals surface area contributed by atoms with Crippen LogP contribution in [0, 0.1) is 11.6 Å². The lowest BCUT2D eigenvalue weighted by Gasteiger charge is -2.29. The van der Waals surface area contributed by atoms with Crippen LogP contribution in [0.4, 0.5) is 8.78 Å². The van der Waals surface area contributed by atoms with Crippen molar-refractivity contribution in [3.05, 3.63) is 41.6 Å². The van der Waals surface area contributed by atoms with Crippen LogP contribution in [0.2, 0.25) is 0 Å². The molecule has 134 valence electrons. The van der Waals surface area contributed by atoms with Crippen LogP contribution in [-0.2, 0) is 10.0 Å². The van der Waals surface area contributed by atoms with Crippen LogP contribution in [0.1, 0.15) is 49.3 Å². The molecule has 0 unspecified atom stereocenters. The molecule has 0 atom stereocenters. The Kier molecular flexibility index (Phi) is 4.07. The van der Waals surface area contributed by atoms with Gasteiger partial charge in [-0.05, 0) is 37.8 Å². The van der Waals surface area contributed by atoms with Crippen molar-refractivity contribution in [2.24, 2.45) is 0 Å². The lowest BCUT2D eigenvalue weighted by Crippen LogP contribution is -2.38. The Bertz CT molecular complexity index is 868. The lowest BCUT2D eigenvalue weighted by atomic mass is 9.98. The van der Waals surface area contributed by atoms with E-state index in [1.165, 1.54) is 0 Å². The fourth-order valence-electron chi connectivity index (χ4n) is 3.11. The maximum absolute atomic E-state index is 13.8. The third-order valence-electron chi connectivity index (χ3n) is 4.70. The van der Waals surface area contributed by atoms with E-state index in [1.54, 1.807) is 0 Å². The second-order valence-electron chi connectivity index (χ2n) is 6.48. The number of rotatable bonds is 4. The second kappa shape index (κ2) is 6.14. The van der Waals surface area contributed by atoms with Crippen LogP contribution < -0.4 is 0 Å². The van der Waals surface area contributed by atoms with Crippen molar-refractivity contribution in [1.82, 2.24) is 14.5 Å². The fraction of sp³-hybridized carbons (Fsp3) is 0.500. The molecule has 1 aromatic carbocycles. The lowest BCUT2D eigenvalue weighted by molar-refractivity contribution is 0.285. The first-order valence-electron chi connectivity index (χ1n) is 8.24. The Hall–Kier alpha value is -1.87. The first-order chi connectivity index (χ1) is 12.0. The van der Waals surface area contributed by atoms with E-state index in [1.807, 2.05) is 0 Å². The quantitative estimate of drug-likeness (QED) is 0.828. The number of sulfonamides is 1. The van der Waals surface area contributed by atoms with Gasteiger partial charge in [0.25, 0.3) is 0 Å². The molecule has 25 heavy (non-hydrogen) atoms. The number of nitrogens with zero attached hydrogens (tertiary/aromatic N) is 3. The van der Waals surface area contributed by atoms with Gasteiger partial charge in [-0.25, -0.2) is 17.2 Å². The molecule has 2 fully saturated rings. The van der Waals surface area contributed by atoms with Crippen molar-refractivity contribution in [1.29, 1.82) is 0 Å². The molecular formula is C16H17F2N3O3S. The molecule has 2 aromatic rings. The molecule has 0 amide bonds. The fourth-order valence-corrected chi connectivity index (χ4v) is 4.69. The molecule has 1 aromatic heterocycles. The average Bonchev–Trinajstić information content (AvgIpc) is 3.32. The van der Waals surface area contributed by atoms with Crippen molar-refractivity contribution in [2.45, 2.75) is 42.4 Å². The van der Waals surface area contributed by atoms with Gasteiger partial charge in [0.05, 0.1) is 0 Å². The molecule has 9 heteroatoms. The minimum Gasteiger partial charge on any atom is -0.425 e. The van der Waals surface area contributed by atoms with Crippen LogP contribution in [0.15, 0.2) is 27.5 Å². The molecule has 0 N–H and O–H groups in total. The van der Waals surface area contributed by atoms with Gasteiger partial charge in [0.2, 0.25) is 21.8 Å². The van der Waals surface area contributed by atoms with Gasteiger partial charge in [0, 0.05) is 24.9 Å². The molecule has 2 aliphatic rings. The van der Waals surface area contributed by atoms with Gasteiger partial charge in [0.1, 0.15) is 11.6 Å². The minimum absolute atomic E-state index is 0.0306. The van der Waals surface area contributed by atoms with E-state index in [4.69, 9.17) is 4.42 Å². The van der Waals surface area contributed by atoms with Crippen LogP contribution >= 0.6 is 0 Å². The first kappa shape index (κ1) is 16.6. The summed E-state index contributed by atoms with van der Waals surface area (Å²) >= 11 is 0. The zero-order valence-electron chi connectivity index (χ0n) is 13.4. The molecule has 1 saturated heterocycles. The van der Waals surface area contributed by atoms with E-state index in [-0.39, 0.29) is 19.0 Å². The van der Waals surface area contributed by atoms with Crippen LogP contribution in [-0.4, -0.2) is 36.0 Å². The predicted octanol–water partition coefficient (Wildman–Crippen LogP) is 2.79. The number of piperidine rings is 1. The zero-order valence-corrected chi connectivity index (χ0v) is 14.2. The van der Waals surface area contributed by atoms with Crippen LogP contribution in [0.3, 0.4) is 0 Å². The van der Waals surface area contributed by atoms with Crippen molar-refractivity contribution in [3.8, 4) is 0 Å². The van der Waals surface area contributed by atoms with Gasteiger partial charge in [-0.2, -0.15) is 4.31 Å². The maximum Gasteiger partial charge on any atom is 0.248 e. The SMILES string of the molecule is O=S(=O)(c1c(F)cccc1F)N1CCC(c2nnc(C3CC3)o2)CC1. The van der Waals surface area contributed by atoms with Crippen molar-refractivity contribution in [3.63, 3.8) is 0 Å². The molecule has 1 aliphatic heterocycles. The third-order valence-corrected chi connectivity index (χ3v) is 6.65. The predicted molar refractivity (Wildman–Crippen MR) is 83.4 cm³/mol. The van der Waals surface area contributed by atoms with Crippen molar-refractivity contribution < 1.29 is 21.6 Å². The molecule has 6 nitrogen and oxygen atoms in total. The van der Waals surface area contributed by atoms with Gasteiger partial charge in [0.15, 0.2) is 4.90 Å². The molecule has 2 heterocycles. The highest BCUT2D eigenvalue weighted by molar-refractivity contribution is 7.89. The summed E-state index contributed by atoms with van der Waals surface area (Å²) in [6, 6.07) is 3.03. The van der Waals surface area contributed by atoms with Gasteiger partial charge in [-0.3, -0.25) is 0 Å². The number of hydrogen-bond donors (Lipinski definition) is 0. The van der Waals surface area contributed by atoms with E-state index in [0.717, 1.165) is 35.3 Å². The normalized spacial score (nSPS) is 20.1. The van der Waals surface area contributed by atoms with Gasteiger partial charge in [-0.15, -0.1) is 10.2 Å². The number of hydrogen-bond acceptors (Lipinski definition) is 5. The highest BCUT2D eigenvalue weighted by atomic mass is 32.2. The summed E-state index contributed by atoms with van der Waals surface area (Å²) in [5.74, 6) is -0.640. The van der Waals surface area contributed by atoms with E-state index in [0.29, 0.717) is 30.5 Å². The summed E-state index contributed by atoms with van der Waals surface area (Å²) in [5.41, 5.74) is 0. The molecule has 1 saturated carbocycles. The zero-order chi connectivity index (χ0) is 17.6. The molecule has 0 bridgehead atoms. The number of halogens is 2. The van der Waals surface area contributed by atoms with Crippen molar-refractivity contribution in [2.75, 3.05) is 13.1 Å². The Labute approximate surface area is 143 Å². The molecule has 0 spiro atoms. The first-order valence-corrected chi connectivity index (χ1v) is 9.68. The van der Waals surface area contributed by atoms with Gasteiger partial charge < -0.3 is 4.42 Å². The highest BCUT2D eigenvalue weighted by Gasteiger charge is 2.36. The monoisotopic (exact) mass is 369 g/mol. The average molecular weight is 369 g/mol. The third kappa shape index (κ3) is 3.06. The Morgan fingerprint density at radius 2 is 1.48 bits per heavy atom. The van der Waals surface area contributed by atoms with Crippen LogP contribution in [0.5, 0.6) is 0 Å². The Morgan fingerprint density at radius 1 is 0.960 bits per heavy atom. The van der Waals surface area contributed by atoms with Gasteiger partial charge >= 0.3 is 0 Å². The van der Waals surface area contributed by atoms with E-state index < -0.39 is 26.6 Å². The summed E-state index contributed by atoms with van der Waals surface area (Å²) < 4.78 is 59.6. The number of benzene rings is 1. The summed E-state index contributed by atoms with van der Waals surface area (Å²) in [6.07, 6.45) is 3.07. The highest BCUT2D eigenvalue weighted by Crippen LogP contribution is 2.40. The van der Waals surface area contributed by atoms with Crippen molar-refractivity contribution >= 4 is 10.0 Å². The summed E-state index contributed by atoms with van der Waals surface area (Å²) in [4.78, 5) is -0.887.